The second-order valence-corrected chi connectivity index (χ2v) is 8.18. The summed E-state index contributed by atoms with van der Waals surface area (Å²) in [5.74, 6) is -0.709. The summed E-state index contributed by atoms with van der Waals surface area (Å²) < 4.78 is 27.5. The molecule has 0 atom stereocenters. The molecule has 0 spiro atoms. The van der Waals surface area contributed by atoms with Crippen molar-refractivity contribution in [3.63, 3.8) is 0 Å². The van der Waals surface area contributed by atoms with Gasteiger partial charge in [-0.25, -0.2) is 13.8 Å². The van der Waals surface area contributed by atoms with E-state index in [0.29, 0.717) is 24.6 Å². The predicted molar refractivity (Wildman–Crippen MR) is 107 cm³/mol. The number of hydrogen-bond acceptors (Lipinski definition) is 3. The summed E-state index contributed by atoms with van der Waals surface area (Å²) in [6.07, 6.45) is 1.63. The second-order valence-electron chi connectivity index (χ2n) is 7.14. The van der Waals surface area contributed by atoms with E-state index in [4.69, 9.17) is 0 Å². The summed E-state index contributed by atoms with van der Waals surface area (Å²) >= 11 is 1.62. The van der Waals surface area contributed by atoms with Crippen molar-refractivity contribution < 1.29 is 13.6 Å². The number of benzene rings is 1. The molecule has 1 aliphatic carbocycles. The van der Waals surface area contributed by atoms with Crippen LogP contribution in [-0.4, -0.2) is 44.0 Å². The topological polar surface area (TPSA) is 56.7 Å². The molecule has 1 heterocycles. The number of nitrogens with one attached hydrogen (secondary N) is 2. The SMILES string of the molecule is CN(C)C(=O)CN=C(NCc1cccs1)NCC1(c2ccc(F)cc2F)CC1. The zero-order chi connectivity index (χ0) is 20.1. The van der Waals surface area contributed by atoms with Crippen LogP contribution in [0.25, 0.3) is 0 Å². The summed E-state index contributed by atoms with van der Waals surface area (Å²) in [4.78, 5) is 18.9. The van der Waals surface area contributed by atoms with Gasteiger partial charge in [-0.3, -0.25) is 4.79 Å². The Balaban J connectivity index is 1.67. The van der Waals surface area contributed by atoms with Gasteiger partial charge in [0.15, 0.2) is 5.96 Å². The smallest absolute Gasteiger partial charge is 0.243 e. The van der Waals surface area contributed by atoms with Crippen molar-refractivity contribution in [3.05, 3.63) is 57.8 Å². The molecule has 1 fully saturated rings. The van der Waals surface area contributed by atoms with Crippen LogP contribution in [0.1, 0.15) is 23.3 Å². The highest BCUT2D eigenvalue weighted by Crippen LogP contribution is 2.48. The number of likely N-dealkylation sites (N-methyl/N-ethyl adjacent to an activating group) is 1. The first-order valence-corrected chi connectivity index (χ1v) is 9.98. The van der Waals surface area contributed by atoms with Crippen LogP contribution in [0.4, 0.5) is 8.78 Å². The lowest BCUT2D eigenvalue weighted by Crippen LogP contribution is -2.42. The number of hydrogen-bond donors (Lipinski definition) is 2. The maximum Gasteiger partial charge on any atom is 0.243 e. The fourth-order valence-corrected chi connectivity index (χ4v) is 3.56. The number of nitrogens with zero attached hydrogens (tertiary/aromatic N) is 2. The number of aliphatic imine (C=N–C) groups is 1. The summed E-state index contributed by atoms with van der Waals surface area (Å²) in [6.45, 7) is 1.06. The maximum absolute atomic E-state index is 14.2. The minimum absolute atomic E-state index is 0.0185. The van der Waals surface area contributed by atoms with E-state index in [2.05, 4.69) is 15.6 Å². The van der Waals surface area contributed by atoms with Crippen molar-refractivity contribution in [2.45, 2.75) is 24.8 Å². The molecule has 2 N–H and O–H groups in total. The molecule has 5 nitrogen and oxygen atoms in total. The van der Waals surface area contributed by atoms with Gasteiger partial charge in [-0.2, -0.15) is 0 Å². The highest BCUT2D eigenvalue weighted by Gasteiger charge is 2.46. The normalized spacial score (nSPS) is 15.2. The lowest BCUT2D eigenvalue weighted by molar-refractivity contribution is -0.127. The minimum Gasteiger partial charge on any atom is -0.355 e. The van der Waals surface area contributed by atoms with Gasteiger partial charge < -0.3 is 15.5 Å². The molecule has 8 heteroatoms. The number of rotatable bonds is 7. The van der Waals surface area contributed by atoms with Crippen LogP contribution in [0, 0.1) is 11.6 Å². The van der Waals surface area contributed by atoms with Crippen molar-refractivity contribution in [3.8, 4) is 0 Å². The first kappa shape index (κ1) is 20.3. The Morgan fingerprint density at radius 3 is 2.64 bits per heavy atom. The fraction of sp³-hybridized carbons (Fsp3) is 0.400. The summed E-state index contributed by atoms with van der Waals surface area (Å²) in [7, 11) is 3.36. The molecule has 28 heavy (non-hydrogen) atoms. The van der Waals surface area contributed by atoms with E-state index in [-0.39, 0.29) is 17.9 Å². The van der Waals surface area contributed by atoms with E-state index in [1.165, 1.54) is 17.0 Å². The Hall–Kier alpha value is -2.48. The van der Waals surface area contributed by atoms with Crippen molar-refractivity contribution in [1.82, 2.24) is 15.5 Å². The molecule has 2 aromatic rings. The average molecular weight is 407 g/mol. The Morgan fingerprint density at radius 2 is 2.04 bits per heavy atom. The Bertz CT molecular complexity index is 848. The van der Waals surface area contributed by atoms with Crippen LogP contribution in [0.15, 0.2) is 40.7 Å². The zero-order valence-electron chi connectivity index (χ0n) is 16.0. The van der Waals surface area contributed by atoms with Crippen LogP contribution in [0.3, 0.4) is 0 Å². The van der Waals surface area contributed by atoms with Gasteiger partial charge in [0.25, 0.3) is 0 Å². The molecule has 0 aliphatic heterocycles. The molecule has 1 aliphatic rings. The van der Waals surface area contributed by atoms with Crippen molar-refractivity contribution in [2.24, 2.45) is 4.99 Å². The summed E-state index contributed by atoms with van der Waals surface area (Å²) in [6, 6.07) is 7.72. The van der Waals surface area contributed by atoms with E-state index >= 15 is 0 Å². The van der Waals surface area contributed by atoms with Crippen LogP contribution < -0.4 is 10.6 Å². The highest BCUT2D eigenvalue weighted by molar-refractivity contribution is 7.09. The first-order valence-electron chi connectivity index (χ1n) is 9.10. The van der Waals surface area contributed by atoms with Gasteiger partial charge in [-0.15, -0.1) is 11.3 Å². The third-order valence-electron chi connectivity index (χ3n) is 4.83. The maximum atomic E-state index is 14.2. The van der Waals surface area contributed by atoms with Crippen molar-refractivity contribution >= 4 is 23.2 Å². The summed E-state index contributed by atoms with van der Waals surface area (Å²) in [5, 5.41) is 8.44. The second kappa shape index (κ2) is 8.68. The van der Waals surface area contributed by atoms with Gasteiger partial charge in [0.05, 0.1) is 6.54 Å². The van der Waals surface area contributed by atoms with Crippen molar-refractivity contribution in [1.29, 1.82) is 0 Å². The average Bonchev–Trinajstić information content (AvgIpc) is 3.24. The third-order valence-corrected chi connectivity index (χ3v) is 5.71. The highest BCUT2D eigenvalue weighted by atomic mass is 32.1. The quantitative estimate of drug-likeness (QED) is 0.549. The zero-order valence-corrected chi connectivity index (χ0v) is 16.8. The molecule has 1 saturated carbocycles. The largest absolute Gasteiger partial charge is 0.355 e. The number of carbonyl (C=O) groups excluding carboxylic acids is 1. The monoisotopic (exact) mass is 406 g/mol. The third kappa shape index (κ3) is 5.07. The minimum atomic E-state index is -0.577. The molecular weight excluding hydrogens is 382 g/mol. The molecule has 0 saturated heterocycles. The molecule has 0 bridgehead atoms. The summed E-state index contributed by atoms with van der Waals surface area (Å²) in [5.41, 5.74) is 0.151. The Morgan fingerprint density at radius 1 is 1.25 bits per heavy atom. The number of thiophene rings is 1. The lowest BCUT2D eigenvalue weighted by atomic mass is 9.95. The van der Waals surface area contributed by atoms with Gasteiger partial charge in [0.1, 0.15) is 18.2 Å². The van der Waals surface area contributed by atoms with Gasteiger partial charge >= 0.3 is 0 Å². The molecule has 150 valence electrons. The van der Waals surface area contributed by atoms with Crippen LogP contribution in [0.2, 0.25) is 0 Å². The molecule has 1 amide bonds. The van der Waals surface area contributed by atoms with Gasteiger partial charge in [0, 0.05) is 37.0 Å². The van der Waals surface area contributed by atoms with Gasteiger partial charge in [-0.1, -0.05) is 12.1 Å². The van der Waals surface area contributed by atoms with E-state index in [1.807, 2.05) is 17.5 Å². The number of amides is 1. The molecule has 0 unspecified atom stereocenters. The predicted octanol–water partition coefficient (Wildman–Crippen LogP) is 2.88. The Kier molecular flexibility index (Phi) is 6.28. The first-order chi connectivity index (χ1) is 13.4. The fourth-order valence-electron chi connectivity index (χ4n) is 2.91. The lowest BCUT2D eigenvalue weighted by Gasteiger charge is -2.20. The molecule has 1 aromatic heterocycles. The van der Waals surface area contributed by atoms with E-state index in [1.54, 1.807) is 25.4 Å². The van der Waals surface area contributed by atoms with Gasteiger partial charge in [0.2, 0.25) is 5.91 Å². The standard InChI is InChI=1S/C20H24F2N4OS/c1-26(2)18(27)12-24-19(23-11-15-4-3-9-28-15)25-13-20(7-8-20)16-6-5-14(21)10-17(16)22/h3-6,9-10H,7-8,11-13H2,1-2H3,(H2,23,24,25). The Labute approximate surface area is 167 Å². The van der Waals surface area contributed by atoms with E-state index in [9.17, 15) is 13.6 Å². The van der Waals surface area contributed by atoms with E-state index in [0.717, 1.165) is 23.8 Å². The molecular formula is C20H24F2N4OS. The molecule has 1 aromatic carbocycles. The van der Waals surface area contributed by atoms with Crippen molar-refractivity contribution in [2.75, 3.05) is 27.2 Å². The molecule has 0 radical (unpaired) electrons. The van der Waals surface area contributed by atoms with E-state index < -0.39 is 11.6 Å². The number of halogens is 2. The number of guanidine groups is 1. The van der Waals surface area contributed by atoms with Crippen LogP contribution in [-0.2, 0) is 16.8 Å². The van der Waals surface area contributed by atoms with Crippen LogP contribution in [0.5, 0.6) is 0 Å². The molecule has 3 rings (SSSR count). The van der Waals surface area contributed by atoms with Gasteiger partial charge in [-0.05, 0) is 35.9 Å². The van der Waals surface area contributed by atoms with Crippen LogP contribution >= 0.6 is 11.3 Å². The number of carbonyl (C=O) groups is 1.